The molecule has 1 aliphatic rings. The first-order valence-electron chi connectivity index (χ1n) is 9.69. The van der Waals surface area contributed by atoms with Crippen molar-refractivity contribution in [2.45, 2.75) is 44.2 Å². The van der Waals surface area contributed by atoms with E-state index in [-0.39, 0.29) is 10.9 Å². The maximum atomic E-state index is 12.7. The van der Waals surface area contributed by atoms with Crippen LogP contribution < -0.4 is 15.4 Å². The van der Waals surface area contributed by atoms with E-state index in [4.69, 9.17) is 11.6 Å². The first kappa shape index (κ1) is 20.6. The minimum Gasteiger partial charge on any atom is -0.353 e. The van der Waals surface area contributed by atoms with Gasteiger partial charge in [0.25, 0.3) is 0 Å². The van der Waals surface area contributed by atoms with E-state index in [9.17, 15) is 8.42 Å². The molecule has 0 bridgehead atoms. The van der Waals surface area contributed by atoms with Crippen LogP contribution in [-0.2, 0) is 23.0 Å². The highest BCUT2D eigenvalue weighted by atomic mass is 35.5. The second-order valence-electron chi connectivity index (χ2n) is 7.42. The van der Waals surface area contributed by atoms with Crippen LogP contribution in [0.1, 0.15) is 26.0 Å². The number of halogens is 1. The molecule has 8 nitrogen and oxygen atoms in total. The summed E-state index contributed by atoms with van der Waals surface area (Å²) in [6.45, 7) is 4.47. The molecule has 0 radical (unpaired) electrons. The molecule has 10 heteroatoms. The summed E-state index contributed by atoms with van der Waals surface area (Å²) >= 11 is 6.32. The summed E-state index contributed by atoms with van der Waals surface area (Å²) in [5, 5.41) is 11.2. The van der Waals surface area contributed by atoms with Gasteiger partial charge < -0.3 is 10.6 Å². The molecule has 30 heavy (non-hydrogen) atoms. The van der Waals surface area contributed by atoms with Crippen LogP contribution in [0.3, 0.4) is 0 Å². The number of hydrogen-bond donors (Lipinski definition) is 3. The second-order valence-corrected chi connectivity index (χ2v) is 9.51. The summed E-state index contributed by atoms with van der Waals surface area (Å²) < 4.78 is 30.0. The molecule has 0 saturated carbocycles. The van der Waals surface area contributed by atoms with Crippen LogP contribution in [0.5, 0.6) is 0 Å². The standard InChI is InChI=1S/C20H23ClN6O2S/c1-13(2)26-30(28,29)18-8-4-3-7-16(18)23-17-11-19(22-12-15(17)21)24-20-10-14-6-5-9-27(14)25-20/h3-4,7-8,10-13,26H,5-6,9H2,1-2H3,(H2,22,23,24,25). The van der Waals surface area contributed by atoms with Gasteiger partial charge in [0.1, 0.15) is 10.7 Å². The van der Waals surface area contributed by atoms with Crippen LogP contribution in [-0.4, -0.2) is 29.2 Å². The summed E-state index contributed by atoms with van der Waals surface area (Å²) in [6.07, 6.45) is 3.65. The third-order valence-corrected chi connectivity index (χ3v) is 6.63. The number of nitrogens with one attached hydrogen (secondary N) is 3. The molecule has 158 valence electrons. The van der Waals surface area contributed by atoms with Crippen LogP contribution in [0.4, 0.5) is 23.0 Å². The summed E-state index contributed by atoms with van der Waals surface area (Å²) in [6, 6.07) is 10.2. The van der Waals surface area contributed by atoms with Gasteiger partial charge in [-0.2, -0.15) is 5.10 Å². The molecule has 0 spiro atoms. The SMILES string of the molecule is CC(C)NS(=O)(=O)c1ccccc1Nc1cc(Nc2cc3n(n2)CCC3)ncc1Cl. The number of anilines is 4. The van der Waals surface area contributed by atoms with Gasteiger partial charge in [-0.3, -0.25) is 4.68 Å². The lowest BCUT2D eigenvalue weighted by Crippen LogP contribution is -2.30. The fourth-order valence-corrected chi connectivity index (χ4v) is 4.94. The zero-order chi connectivity index (χ0) is 21.3. The maximum Gasteiger partial charge on any atom is 0.242 e. The average Bonchev–Trinajstić information content (AvgIpc) is 3.25. The van der Waals surface area contributed by atoms with Crippen LogP contribution in [0.25, 0.3) is 0 Å². The van der Waals surface area contributed by atoms with Crippen molar-refractivity contribution in [3.8, 4) is 0 Å². The summed E-state index contributed by atoms with van der Waals surface area (Å²) in [4.78, 5) is 4.45. The Bertz CT molecular complexity index is 1150. The highest BCUT2D eigenvalue weighted by Gasteiger charge is 2.20. The molecule has 0 fully saturated rings. The van der Waals surface area contributed by atoms with Gasteiger partial charge in [-0.25, -0.2) is 18.1 Å². The summed E-state index contributed by atoms with van der Waals surface area (Å²) in [7, 11) is -3.68. The van der Waals surface area contributed by atoms with E-state index < -0.39 is 10.0 Å². The van der Waals surface area contributed by atoms with Gasteiger partial charge in [-0.15, -0.1) is 0 Å². The van der Waals surface area contributed by atoms with E-state index in [2.05, 4.69) is 25.4 Å². The Morgan fingerprint density at radius 3 is 2.67 bits per heavy atom. The molecule has 0 aliphatic carbocycles. The fourth-order valence-electron chi connectivity index (χ4n) is 3.38. The summed E-state index contributed by atoms with van der Waals surface area (Å²) in [5.74, 6) is 1.27. The number of rotatable bonds is 7. The second kappa shape index (κ2) is 8.25. The molecule has 2 aromatic heterocycles. The molecule has 4 rings (SSSR count). The number of para-hydroxylation sites is 1. The minimum absolute atomic E-state index is 0.145. The van der Waals surface area contributed by atoms with E-state index in [0.29, 0.717) is 22.2 Å². The molecule has 0 saturated heterocycles. The number of nitrogens with zero attached hydrogens (tertiary/aromatic N) is 3. The van der Waals surface area contributed by atoms with Gasteiger partial charge in [0.2, 0.25) is 10.0 Å². The van der Waals surface area contributed by atoms with Gasteiger partial charge in [-0.1, -0.05) is 23.7 Å². The molecule has 3 N–H and O–H groups in total. The molecule has 0 unspecified atom stereocenters. The monoisotopic (exact) mass is 446 g/mol. The zero-order valence-corrected chi connectivity index (χ0v) is 18.3. The van der Waals surface area contributed by atoms with Crippen molar-refractivity contribution in [1.82, 2.24) is 19.5 Å². The molecule has 0 atom stereocenters. The van der Waals surface area contributed by atoms with E-state index >= 15 is 0 Å². The third kappa shape index (κ3) is 4.43. The quantitative estimate of drug-likeness (QED) is 0.506. The molecular formula is C20H23ClN6O2S. The number of sulfonamides is 1. The van der Waals surface area contributed by atoms with E-state index in [1.54, 1.807) is 44.2 Å². The highest BCUT2D eigenvalue weighted by Crippen LogP contribution is 2.31. The van der Waals surface area contributed by atoms with Crippen molar-refractivity contribution >= 4 is 44.6 Å². The maximum absolute atomic E-state index is 12.7. The number of pyridine rings is 1. The Morgan fingerprint density at radius 2 is 1.90 bits per heavy atom. The Balaban J connectivity index is 1.60. The lowest BCUT2D eigenvalue weighted by molar-refractivity contribution is 0.570. The zero-order valence-electron chi connectivity index (χ0n) is 16.7. The molecule has 3 heterocycles. The van der Waals surface area contributed by atoms with E-state index in [0.717, 1.165) is 25.2 Å². The van der Waals surface area contributed by atoms with Crippen LogP contribution >= 0.6 is 11.6 Å². The lowest BCUT2D eigenvalue weighted by atomic mass is 10.3. The Morgan fingerprint density at radius 1 is 1.10 bits per heavy atom. The van der Waals surface area contributed by atoms with Crippen molar-refractivity contribution in [2.24, 2.45) is 0 Å². The van der Waals surface area contributed by atoms with Crippen molar-refractivity contribution in [2.75, 3.05) is 10.6 Å². The minimum atomic E-state index is -3.68. The first-order chi connectivity index (χ1) is 14.3. The van der Waals surface area contributed by atoms with Crippen LogP contribution in [0.15, 0.2) is 47.5 Å². The number of hydrogen-bond acceptors (Lipinski definition) is 6. The smallest absolute Gasteiger partial charge is 0.242 e. The van der Waals surface area contributed by atoms with Crippen LogP contribution in [0, 0.1) is 0 Å². The molecule has 1 aromatic carbocycles. The Hall–Kier alpha value is -2.62. The topological polar surface area (TPSA) is 101 Å². The largest absolute Gasteiger partial charge is 0.353 e. The van der Waals surface area contributed by atoms with Crippen molar-refractivity contribution in [3.05, 3.63) is 53.3 Å². The highest BCUT2D eigenvalue weighted by molar-refractivity contribution is 7.89. The normalized spacial score (nSPS) is 13.5. The number of aryl methyl sites for hydroxylation is 2. The summed E-state index contributed by atoms with van der Waals surface area (Å²) in [5.41, 5.74) is 2.15. The van der Waals surface area contributed by atoms with Gasteiger partial charge in [-0.05, 0) is 38.8 Å². The van der Waals surface area contributed by atoms with Gasteiger partial charge in [0.05, 0.1) is 22.6 Å². The average molecular weight is 447 g/mol. The number of aromatic nitrogens is 3. The number of benzene rings is 1. The predicted octanol–water partition coefficient (Wildman–Crippen LogP) is 4.05. The lowest BCUT2D eigenvalue weighted by Gasteiger charge is -2.16. The van der Waals surface area contributed by atoms with Crippen LogP contribution in [0.2, 0.25) is 5.02 Å². The third-order valence-electron chi connectivity index (χ3n) is 4.61. The number of fused-ring (bicyclic) bond motifs is 1. The van der Waals surface area contributed by atoms with Crippen molar-refractivity contribution in [1.29, 1.82) is 0 Å². The Labute approximate surface area is 180 Å². The van der Waals surface area contributed by atoms with E-state index in [1.165, 1.54) is 11.9 Å². The van der Waals surface area contributed by atoms with Crippen molar-refractivity contribution in [3.63, 3.8) is 0 Å². The van der Waals surface area contributed by atoms with E-state index in [1.807, 2.05) is 10.7 Å². The molecule has 0 amide bonds. The molecule has 1 aliphatic heterocycles. The molecule has 3 aromatic rings. The van der Waals surface area contributed by atoms with Crippen molar-refractivity contribution < 1.29 is 8.42 Å². The predicted molar refractivity (Wildman–Crippen MR) is 118 cm³/mol. The Kier molecular flexibility index (Phi) is 5.68. The van der Waals surface area contributed by atoms with Gasteiger partial charge in [0.15, 0.2) is 5.82 Å². The van der Waals surface area contributed by atoms with Gasteiger partial charge in [0, 0.05) is 30.4 Å². The first-order valence-corrected chi connectivity index (χ1v) is 11.6. The van der Waals surface area contributed by atoms with Gasteiger partial charge >= 0.3 is 0 Å². The fraction of sp³-hybridized carbons (Fsp3) is 0.300. The molecular weight excluding hydrogens is 424 g/mol.